The van der Waals surface area contributed by atoms with E-state index in [0.717, 1.165) is 16.7 Å². The van der Waals surface area contributed by atoms with Crippen LogP contribution in [0.15, 0.2) is 47.7 Å². The first-order chi connectivity index (χ1) is 14.4. The fourth-order valence-electron chi connectivity index (χ4n) is 3.33. The summed E-state index contributed by atoms with van der Waals surface area (Å²) in [4.78, 5) is 36.1. The van der Waals surface area contributed by atoms with E-state index in [1.54, 1.807) is 25.4 Å². The van der Waals surface area contributed by atoms with Crippen molar-refractivity contribution in [3.8, 4) is 17.0 Å². The summed E-state index contributed by atoms with van der Waals surface area (Å²) >= 11 is 0. The van der Waals surface area contributed by atoms with Gasteiger partial charge >= 0.3 is 5.97 Å². The highest BCUT2D eigenvalue weighted by atomic mass is 16.5. The maximum Gasteiger partial charge on any atom is 0.323 e. The van der Waals surface area contributed by atoms with Crippen molar-refractivity contribution in [1.29, 1.82) is 0 Å². The van der Waals surface area contributed by atoms with Crippen LogP contribution in [0, 0.1) is 12.8 Å². The third-order valence-corrected chi connectivity index (χ3v) is 5.03. The monoisotopic (exact) mass is 407 g/mol. The maximum atomic E-state index is 12.2. The molecule has 0 bridgehead atoms. The first-order valence-corrected chi connectivity index (χ1v) is 9.51. The minimum Gasteiger partial charge on any atom is -0.480 e. The molecule has 0 amide bonds. The molecule has 0 unspecified atom stereocenters. The lowest BCUT2D eigenvalue weighted by atomic mass is 10.1. The number of rotatable bonds is 7. The highest BCUT2D eigenvalue weighted by Crippen LogP contribution is 2.47. The molecule has 1 aliphatic carbocycles. The van der Waals surface area contributed by atoms with E-state index in [9.17, 15) is 9.59 Å². The normalized spacial score (nSPS) is 17.5. The van der Waals surface area contributed by atoms with Gasteiger partial charge in [0.15, 0.2) is 0 Å². The van der Waals surface area contributed by atoms with Gasteiger partial charge in [0, 0.05) is 36.0 Å². The zero-order valence-corrected chi connectivity index (χ0v) is 16.4. The fourth-order valence-corrected chi connectivity index (χ4v) is 3.33. The Morgan fingerprint density at radius 2 is 2.13 bits per heavy atom. The number of aliphatic carboxylic acids is 1. The molecule has 3 N–H and O–H groups in total. The Morgan fingerprint density at radius 3 is 2.83 bits per heavy atom. The smallest absolute Gasteiger partial charge is 0.323 e. The Kier molecular flexibility index (Phi) is 5.18. The van der Waals surface area contributed by atoms with Crippen molar-refractivity contribution in [1.82, 2.24) is 19.5 Å². The van der Waals surface area contributed by atoms with Crippen molar-refractivity contribution in [2.45, 2.75) is 25.8 Å². The highest BCUT2D eigenvalue weighted by Gasteiger charge is 2.40. The van der Waals surface area contributed by atoms with E-state index in [1.807, 2.05) is 12.1 Å². The van der Waals surface area contributed by atoms with Gasteiger partial charge < -0.3 is 20.1 Å². The van der Waals surface area contributed by atoms with E-state index in [-0.39, 0.29) is 0 Å². The lowest BCUT2D eigenvalue weighted by Gasteiger charge is -2.11. The summed E-state index contributed by atoms with van der Waals surface area (Å²) in [6, 6.07) is 6.80. The lowest BCUT2D eigenvalue weighted by Crippen LogP contribution is -2.22. The van der Waals surface area contributed by atoms with Crippen molar-refractivity contribution in [2.75, 3.05) is 12.3 Å². The lowest BCUT2D eigenvalue weighted by molar-refractivity contribution is -0.137. The minimum atomic E-state index is -1.08. The minimum absolute atomic E-state index is 0.327. The molecular weight excluding hydrogens is 386 g/mol. The molecule has 0 saturated heterocycles. The van der Waals surface area contributed by atoms with Gasteiger partial charge in [0.25, 0.3) is 5.56 Å². The van der Waals surface area contributed by atoms with Gasteiger partial charge in [-0.1, -0.05) is 0 Å². The molecule has 1 aliphatic rings. The second-order valence-electron chi connectivity index (χ2n) is 7.34. The van der Waals surface area contributed by atoms with Crippen LogP contribution in [-0.4, -0.2) is 37.2 Å². The van der Waals surface area contributed by atoms with Gasteiger partial charge in [0.2, 0.25) is 5.88 Å². The molecule has 3 aromatic rings. The SMILES string of the molecule is Cc1ncc(-c2ccn(CC(=O)O)c(=O)c2)c(OC[C@H]2C[C@@H]2c2ccc(N)cn2)n1. The average molecular weight is 407 g/mol. The predicted octanol–water partition coefficient (Wildman–Crippen LogP) is 1.86. The third kappa shape index (κ3) is 4.29. The highest BCUT2D eigenvalue weighted by molar-refractivity contribution is 5.68. The van der Waals surface area contributed by atoms with Crippen LogP contribution in [0.5, 0.6) is 5.88 Å². The van der Waals surface area contributed by atoms with Gasteiger partial charge in [-0.3, -0.25) is 14.6 Å². The molecule has 3 aromatic heterocycles. The number of nitrogen functional groups attached to an aromatic ring is 1. The van der Waals surface area contributed by atoms with E-state index in [4.69, 9.17) is 15.6 Å². The zero-order valence-electron chi connectivity index (χ0n) is 16.4. The summed E-state index contributed by atoms with van der Waals surface area (Å²) in [5.41, 5.74) is 8.07. The molecule has 30 heavy (non-hydrogen) atoms. The van der Waals surface area contributed by atoms with E-state index in [2.05, 4.69) is 15.0 Å². The molecule has 2 atom stereocenters. The number of nitrogens with zero attached hydrogens (tertiary/aromatic N) is 4. The Hall–Kier alpha value is -3.75. The molecular formula is C21H21N5O4. The molecule has 0 aliphatic heterocycles. The van der Waals surface area contributed by atoms with Crippen LogP contribution < -0.4 is 16.0 Å². The first-order valence-electron chi connectivity index (χ1n) is 9.51. The molecule has 9 heteroatoms. The van der Waals surface area contributed by atoms with Gasteiger partial charge in [-0.15, -0.1) is 0 Å². The fraction of sp³-hybridized carbons (Fsp3) is 0.286. The number of aromatic nitrogens is 4. The van der Waals surface area contributed by atoms with Crippen molar-refractivity contribution in [2.24, 2.45) is 5.92 Å². The largest absolute Gasteiger partial charge is 0.480 e. The third-order valence-electron chi connectivity index (χ3n) is 5.03. The van der Waals surface area contributed by atoms with Crippen LogP contribution in [0.25, 0.3) is 11.1 Å². The topological polar surface area (TPSA) is 133 Å². The van der Waals surface area contributed by atoms with Crippen LogP contribution in [0.2, 0.25) is 0 Å². The predicted molar refractivity (Wildman–Crippen MR) is 109 cm³/mol. The molecule has 0 spiro atoms. The molecule has 154 valence electrons. The van der Waals surface area contributed by atoms with Gasteiger partial charge in [-0.05, 0) is 37.1 Å². The summed E-state index contributed by atoms with van der Waals surface area (Å²) in [6.45, 7) is 1.84. The number of carboxylic acids is 1. The maximum absolute atomic E-state index is 12.2. The molecule has 1 fully saturated rings. The zero-order chi connectivity index (χ0) is 21.3. The summed E-state index contributed by atoms with van der Waals surface area (Å²) in [6.07, 6.45) is 5.69. The average Bonchev–Trinajstić information content (AvgIpc) is 3.48. The quantitative estimate of drug-likeness (QED) is 0.606. The molecule has 1 saturated carbocycles. The standard InChI is InChI=1S/C21H21N5O4/c1-12-23-9-17(13-4-5-26(10-20(28)29)19(27)7-13)21(25-12)30-11-14-6-16(14)18-3-2-15(22)8-24-18/h2-5,7-9,14,16H,6,10-11,22H2,1H3,(H,28,29)/t14-,16+/m1/s1. The molecule has 3 heterocycles. The van der Waals surface area contributed by atoms with Crippen molar-refractivity contribution < 1.29 is 14.6 Å². The number of pyridine rings is 2. The van der Waals surface area contributed by atoms with Crippen molar-refractivity contribution >= 4 is 11.7 Å². The van der Waals surface area contributed by atoms with Gasteiger partial charge in [-0.25, -0.2) is 4.98 Å². The number of hydrogen-bond acceptors (Lipinski definition) is 7. The van der Waals surface area contributed by atoms with E-state index in [0.29, 0.717) is 47.0 Å². The first kappa shape index (κ1) is 19.6. The van der Waals surface area contributed by atoms with Crippen LogP contribution in [-0.2, 0) is 11.3 Å². The summed E-state index contributed by atoms with van der Waals surface area (Å²) in [5, 5.41) is 8.89. The van der Waals surface area contributed by atoms with Crippen molar-refractivity contribution in [3.63, 3.8) is 0 Å². The van der Waals surface area contributed by atoms with Crippen LogP contribution in [0.1, 0.15) is 23.9 Å². The van der Waals surface area contributed by atoms with Crippen molar-refractivity contribution in [3.05, 3.63) is 64.7 Å². The Bertz CT molecular complexity index is 1140. The molecule has 4 rings (SSSR count). The molecule has 9 nitrogen and oxygen atoms in total. The Balaban J connectivity index is 1.50. The van der Waals surface area contributed by atoms with E-state index in [1.165, 1.54) is 12.3 Å². The summed E-state index contributed by atoms with van der Waals surface area (Å²) < 4.78 is 7.12. The van der Waals surface area contributed by atoms with Gasteiger partial charge in [0.05, 0.1) is 24.1 Å². The second-order valence-corrected chi connectivity index (χ2v) is 7.34. The number of hydrogen-bond donors (Lipinski definition) is 2. The Morgan fingerprint density at radius 1 is 1.30 bits per heavy atom. The number of carbonyl (C=O) groups is 1. The second kappa shape index (κ2) is 7.94. The number of aryl methyl sites for hydroxylation is 1. The van der Waals surface area contributed by atoms with Crippen LogP contribution in [0.4, 0.5) is 5.69 Å². The molecule has 0 aromatic carbocycles. The number of carboxylic acid groups (broad SMARTS) is 1. The van der Waals surface area contributed by atoms with E-state index < -0.39 is 18.1 Å². The molecule has 0 radical (unpaired) electrons. The van der Waals surface area contributed by atoms with Gasteiger partial charge in [-0.2, -0.15) is 4.98 Å². The van der Waals surface area contributed by atoms with Gasteiger partial charge in [0.1, 0.15) is 12.4 Å². The number of nitrogens with two attached hydrogens (primary N) is 1. The van der Waals surface area contributed by atoms with Crippen LogP contribution in [0.3, 0.4) is 0 Å². The summed E-state index contributed by atoms with van der Waals surface area (Å²) in [7, 11) is 0. The number of anilines is 1. The van der Waals surface area contributed by atoms with Crippen LogP contribution >= 0.6 is 0 Å². The van der Waals surface area contributed by atoms with E-state index >= 15 is 0 Å². The Labute approximate surface area is 172 Å². The number of ether oxygens (including phenoxy) is 1. The summed E-state index contributed by atoms with van der Waals surface area (Å²) in [5.74, 6) is 0.529.